The van der Waals surface area contributed by atoms with Crippen molar-refractivity contribution >= 4 is 0 Å². The van der Waals surface area contributed by atoms with Crippen LogP contribution in [-0.4, -0.2) is 31.9 Å². The zero-order chi connectivity index (χ0) is 15.9. The lowest BCUT2D eigenvalue weighted by Crippen LogP contribution is -2.26. The molecule has 5 heteroatoms. The number of hydrogen-bond acceptors (Lipinski definition) is 5. The number of rotatable bonds is 6. The molecule has 3 rings (SSSR count). The predicted molar refractivity (Wildman–Crippen MR) is 88.2 cm³/mol. The maximum Gasteiger partial charge on any atom is 0.137 e. The van der Waals surface area contributed by atoms with E-state index in [0.29, 0.717) is 6.61 Å². The van der Waals surface area contributed by atoms with Crippen LogP contribution in [0.25, 0.3) is 0 Å². The van der Waals surface area contributed by atoms with E-state index in [0.717, 1.165) is 43.2 Å². The Morgan fingerprint density at radius 3 is 3.09 bits per heavy atom. The van der Waals surface area contributed by atoms with Crippen molar-refractivity contribution in [2.75, 3.05) is 26.9 Å². The van der Waals surface area contributed by atoms with Gasteiger partial charge in [0.15, 0.2) is 0 Å². The summed E-state index contributed by atoms with van der Waals surface area (Å²) in [6.45, 7) is 2.12. The van der Waals surface area contributed by atoms with Gasteiger partial charge in [-0.2, -0.15) is 0 Å². The molecule has 0 saturated carbocycles. The zero-order valence-corrected chi connectivity index (χ0v) is 13.3. The van der Waals surface area contributed by atoms with Gasteiger partial charge in [-0.15, -0.1) is 0 Å². The molecule has 1 aliphatic rings. The van der Waals surface area contributed by atoms with Crippen LogP contribution in [-0.2, 0) is 0 Å². The van der Waals surface area contributed by atoms with Crippen LogP contribution in [0, 0.1) is 0 Å². The van der Waals surface area contributed by atoms with E-state index in [1.165, 1.54) is 5.56 Å². The lowest BCUT2D eigenvalue weighted by atomic mass is 10.0. The number of pyridine rings is 1. The Balaban J connectivity index is 1.57. The smallest absolute Gasteiger partial charge is 0.137 e. The van der Waals surface area contributed by atoms with Gasteiger partial charge in [-0.05, 0) is 31.0 Å². The molecule has 0 radical (unpaired) electrons. The SMILES string of the molecule is COc1ccc2c(c1)OCCC[C@H]2NCCOc1cccnc1. The molecule has 0 bridgehead atoms. The zero-order valence-electron chi connectivity index (χ0n) is 13.3. The van der Waals surface area contributed by atoms with E-state index in [9.17, 15) is 0 Å². The van der Waals surface area contributed by atoms with Crippen LogP contribution in [0.2, 0.25) is 0 Å². The fraction of sp³-hybridized carbons (Fsp3) is 0.389. The Morgan fingerprint density at radius 1 is 1.30 bits per heavy atom. The molecule has 23 heavy (non-hydrogen) atoms. The van der Waals surface area contributed by atoms with E-state index < -0.39 is 0 Å². The molecular weight excluding hydrogens is 292 g/mol. The van der Waals surface area contributed by atoms with E-state index in [-0.39, 0.29) is 6.04 Å². The Kier molecular flexibility index (Phi) is 5.32. The lowest BCUT2D eigenvalue weighted by Gasteiger charge is -2.19. The van der Waals surface area contributed by atoms with Crippen molar-refractivity contribution in [1.82, 2.24) is 10.3 Å². The number of fused-ring (bicyclic) bond motifs is 1. The summed E-state index contributed by atoms with van der Waals surface area (Å²) in [6, 6.07) is 10.1. The van der Waals surface area contributed by atoms with Gasteiger partial charge < -0.3 is 19.5 Å². The minimum absolute atomic E-state index is 0.274. The van der Waals surface area contributed by atoms with Crippen LogP contribution in [0.15, 0.2) is 42.7 Å². The summed E-state index contributed by atoms with van der Waals surface area (Å²) in [5, 5.41) is 3.56. The lowest BCUT2D eigenvalue weighted by molar-refractivity contribution is 0.299. The first kappa shape index (κ1) is 15.6. The van der Waals surface area contributed by atoms with Crippen LogP contribution >= 0.6 is 0 Å². The van der Waals surface area contributed by atoms with Crippen LogP contribution in [0.3, 0.4) is 0 Å². The summed E-state index contributed by atoms with van der Waals surface area (Å²) in [5.74, 6) is 2.53. The van der Waals surface area contributed by atoms with Gasteiger partial charge in [0, 0.05) is 30.4 Å². The monoisotopic (exact) mass is 314 g/mol. The van der Waals surface area contributed by atoms with Gasteiger partial charge >= 0.3 is 0 Å². The van der Waals surface area contributed by atoms with Gasteiger partial charge in [-0.25, -0.2) is 0 Å². The Bertz CT molecular complexity index is 619. The first-order valence-corrected chi connectivity index (χ1v) is 7.94. The predicted octanol–water partition coefficient (Wildman–Crippen LogP) is 2.97. The van der Waals surface area contributed by atoms with Crippen molar-refractivity contribution in [2.45, 2.75) is 18.9 Å². The van der Waals surface area contributed by atoms with E-state index in [4.69, 9.17) is 14.2 Å². The van der Waals surface area contributed by atoms with Gasteiger partial charge in [-0.1, -0.05) is 6.07 Å². The quantitative estimate of drug-likeness (QED) is 0.831. The Hall–Kier alpha value is -2.27. The molecule has 2 heterocycles. The van der Waals surface area contributed by atoms with Gasteiger partial charge in [0.1, 0.15) is 23.9 Å². The van der Waals surface area contributed by atoms with Crippen molar-refractivity contribution in [1.29, 1.82) is 0 Å². The maximum atomic E-state index is 5.84. The third kappa shape index (κ3) is 4.13. The van der Waals surface area contributed by atoms with Crippen LogP contribution < -0.4 is 19.5 Å². The summed E-state index contributed by atoms with van der Waals surface area (Å²) in [7, 11) is 1.67. The molecule has 0 spiro atoms. The average molecular weight is 314 g/mol. The van der Waals surface area contributed by atoms with Crippen molar-refractivity contribution in [3.8, 4) is 17.2 Å². The minimum Gasteiger partial charge on any atom is -0.497 e. The molecule has 5 nitrogen and oxygen atoms in total. The molecule has 0 fully saturated rings. The standard InChI is InChI=1S/C18H22N2O3/c1-21-14-6-7-16-17(5-3-10-23-18(16)12-14)20-9-11-22-15-4-2-8-19-13-15/h2,4,6-8,12-13,17,20H,3,5,9-11H2,1H3/t17-/m1/s1. The number of ether oxygens (including phenoxy) is 3. The summed E-state index contributed by atoms with van der Waals surface area (Å²) in [5.41, 5.74) is 1.18. The topological polar surface area (TPSA) is 52.6 Å². The highest BCUT2D eigenvalue weighted by molar-refractivity contribution is 5.43. The second kappa shape index (κ2) is 7.83. The third-order valence-corrected chi connectivity index (χ3v) is 3.89. The fourth-order valence-corrected chi connectivity index (χ4v) is 2.73. The molecule has 1 N–H and O–H groups in total. The molecule has 0 unspecified atom stereocenters. The highest BCUT2D eigenvalue weighted by Crippen LogP contribution is 2.34. The Labute approximate surface area is 136 Å². The van der Waals surface area contributed by atoms with Crippen molar-refractivity contribution in [3.05, 3.63) is 48.3 Å². The normalized spacial score (nSPS) is 16.8. The summed E-state index contributed by atoms with van der Waals surface area (Å²) in [4.78, 5) is 4.04. The van der Waals surface area contributed by atoms with Crippen LogP contribution in [0.4, 0.5) is 0 Å². The second-order valence-corrected chi connectivity index (χ2v) is 5.44. The number of aromatic nitrogens is 1. The molecule has 2 aromatic rings. The number of benzene rings is 1. The fourth-order valence-electron chi connectivity index (χ4n) is 2.73. The minimum atomic E-state index is 0.274. The molecular formula is C18H22N2O3. The number of nitrogens with one attached hydrogen (secondary N) is 1. The third-order valence-electron chi connectivity index (χ3n) is 3.89. The molecule has 1 aromatic carbocycles. The number of hydrogen-bond donors (Lipinski definition) is 1. The average Bonchev–Trinajstić information content (AvgIpc) is 2.81. The van der Waals surface area contributed by atoms with Gasteiger partial charge in [0.2, 0.25) is 0 Å². The second-order valence-electron chi connectivity index (χ2n) is 5.44. The molecule has 0 amide bonds. The van der Waals surface area contributed by atoms with Gasteiger partial charge in [0.05, 0.1) is 19.9 Å². The first-order chi connectivity index (χ1) is 11.4. The molecule has 1 atom stereocenters. The van der Waals surface area contributed by atoms with Crippen molar-refractivity contribution in [3.63, 3.8) is 0 Å². The first-order valence-electron chi connectivity index (χ1n) is 7.94. The highest BCUT2D eigenvalue weighted by atomic mass is 16.5. The van der Waals surface area contributed by atoms with E-state index in [1.54, 1.807) is 19.5 Å². The van der Waals surface area contributed by atoms with Crippen molar-refractivity contribution < 1.29 is 14.2 Å². The molecule has 122 valence electrons. The molecule has 0 saturated heterocycles. The Morgan fingerprint density at radius 2 is 2.26 bits per heavy atom. The van der Waals surface area contributed by atoms with Crippen LogP contribution in [0.5, 0.6) is 17.2 Å². The number of methoxy groups -OCH3 is 1. The van der Waals surface area contributed by atoms with E-state index in [1.807, 2.05) is 24.3 Å². The van der Waals surface area contributed by atoms with E-state index >= 15 is 0 Å². The largest absolute Gasteiger partial charge is 0.497 e. The van der Waals surface area contributed by atoms with E-state index in [2.05, 4.69) is 16.4 Å². The van der Waals surface area contributed by atoms with Gasteiger partial charge in [0.25, 0.3) is 0 Å². The highest BCUT2D eigenvalue weighted by Gasteiger charge is 2.19. The molecule has 1 aliphatic heterocycles. The summed E-state index contributed by atoms with van der Waals surface area (Å²) in [6.07, 6.45) is 5.53. The van der Waals surface area contributed by atoms with Crippen molar-refractivity contribution in [2.24, 2.45) is 0 Å². The summed E-state index contributed by atoms with van der Waals surface area (Å²) >= 11 is 0. The summed E-state index contributed by atoms with van der Waals surface area (Å²) < 4.78 is 16.8. The molecule has 1 aromatic heterocycles. The number of nitrogens with zero attached hydrogens (tertiary/aromatic N) is 1. The maximum absolute atomic E-state index is 5.84. The van der Waals surface area contributed by atoms with Crippen LogP contribution in [0.1, 0.15) is 24.4 Å². The van der Waals surface area contributed by atoms with Gasteiger partial charge in [-0.3, -0.25) is 4.98 Å². The molecule has 0 aliphatic carbocycles.